The number of hydrogen-bond donors (Lipinski definition) is 0. The molecule has 4 nitrogen and oxygen atoms in total. The summed E-state index contributed by atoms with van der Waals surface area (Å²) < 4.78 is 3.16. The van der Waals surface area contributed by atoms with Crippen LogP contribution in [0.5, 0.6) is 0 Å². The van der Waals surface area contributed by atoms with Gasteiger partial charge in [0.25, 0.3) is 5.56 Å². The molecule has 0 spiro atoms. The zero-order valence-corrected chi connectivity index (χ0v) is 13.8. The van der Waals surface area contributed by atoms with Crippen molar-refractivity contribution >= 4 is 28.7 Å². The van der Waals surface area contributed by atoms with Crippen molar-refractivity contribution in [3.05, 3.63) is 69.4 Å². The van der Waals surface area contributed by atoms with Crippen molar-refractivity contribution in [2.45, 2.75) is 24.8 Å². The molecule has 0 amide bonds. The first-order valence-corrected chi connectivity index (χ1v) is 8.42. The third kappa shape index (κ3) is 2.66. The van der Waals surface area contributed by atoms with E-state index in [1.165, 1.54) is 4.52 Å². The van der Waals surface area contributed by atoms with Crippen molar-refractivity contribution in [2.24, 2.45) is 5.92 Å². The Bertz CT molecular complexity index is 913. The fourth-order valence-corrected chi connectivity index (χ4v) is 3.39. The number of nitrogens with zero attached hydrogens (tertiary/aromatic N) is 3. The fourth-order valence-electron chi connectivity index (χ4n) is 2.79. The van der Waals surface area contributed by atoms with Gasteiger partial charge in [-0.1, -0.05) is 41.9 Å². The molecule has 3 aromatic rings. The van der Waals surface area contributed by atoms with Gasteiger partial charge in [-0.2, -0.15) is 5.10 Å². The molecule has 1 aliphatic rings. The molecular weight excluding hydrogens is 333 g/mol. The topological polar surface area (TPSA) is 39.3 Å². The molecule has 0 bridgehead atoms. The van der Waals surface area contributed by atoms with Crippen LogP contribution in [-0.2, 0) is 6.54 Å². The second kappa shape index (κ2) is 5.69. The monoisotopic (exact) mass is 347 g/mol. The van der Waals surface area contributed by atoms with Crippen molar-refractivity contribution in [1.82, 2.24) is 14.2 Å². The molecule has 1 unspecified atom stereocenters. The first-order chi connectivity index (χ1) is 11.1. The van der Waals surface area contributed by atoms with Gasteiger partial charge in [-0.05, 0) is 36.5 Å². The quantitative estimate of drug-likeness (QED) is 0.671. The lowest BCUT2D eigenvalue weighted by molar-refractivity contribution is 0.594. The van der Waals surface area contributed by atoms with E-state index < -0.39 is 0 Å². The highest BCUT2D eigenvalue weighted by Crippen LogP contribution is 2.44. The highest BCUT2D eigenvalue weighted by molar-refractivity contribution is 6.29. The Labute approximate surface area is 143 Å². The summed E-state index contributed by atoms with van der Waals surface area (Å²) in [5, 5.41) is 4.72. The highest BCUT2D eigenvalue weighted by atomic mass is 35.5. The Morgan fingerprint density at radius 2 is 1.91 bits per heavy atom. The molecule has 118 valence electrons. The van der Waals surface area contributed by atoms with E-state index in [9.17, 15) is 4.79 Å². The van der Waals surface area contributed by atoms with E-state index in [2.05, 4.69) is 5.10 Å². The normalized spacial score (nSPS) is 15.9. The lowest BCUT2D eigenvalue weighted by Crippen LogP contribution is -2.29. The first kappa shape index (κ1) is 14.8. The van der Waals surface area contributed by atoms with E-state index in [0.717, 1.165) is 18.4 Å². The molecule has 1 aromatic carbocycles. The summed E-state index contributed by atoms with van der Waals surface area (Å²) in [5.41, 5.74) is 1.39. The van der Waals surface area contributed by atoms with Crippen molar-refractivity contribution in [2.75, 3.05) is 0 Å². The van der Waals surface area contributed by atoms with Gasteiger partial charge in [0.2, 0.25) is 0 Å². The van der Waals surface area contributed by atoms with Gasteiger partial charge in [0.15, 0.2) is 5.82 Å². The molecule has 0 saturated heterocycles. The molecule has 1 atom stereocenters. The molecular formula is C17H15Cl2N3O. The van der Waals surface area contributed by atoms with E-state index in [1.54, 1.807) is 16.7 Å². The zero-order valence-electron chi connectivity index (χ0n) is 12.3. The predicted octanol–water partition coefficient (Wildman–Crippen LogP) is 3.89. The van der Waals surface area contributed by atoms with Crippen LogP contribution in [0.3, 0.4) is 0 Å². The summed E-state index contributed by atoms with van der Waals surface area (Å²) in [7, 11) is 0. The van der Waals surface area contributed by atoms with Gasteiger partial charge < -0.3 is 0 Å². The average Bonchev–Trinajstić information content (AvgIpc) is 3.34. The summed E-state index contributed by atoms with van der Waals surface area (Å²) in [6.07, 6.45) is 2.15. The minimum atomic E-state index is -0.269. The van der Waals surface area contributed by atoms with Gasteiger partial charge in [0.1, 0.15) is 10.7 Å². The molecule has 2 heterocycles. The van der Waals surface area contributed by atoms with Crippen molar-refractivity contribution in [3.8, 4) is 0 Å². The highest BCUT2D eigenvalue weighted by Gasteiger charge is 2.34. The zero-order chi connectivity index (χ0) is 16.0. The Balaban J connectivity index is 1.90. The van der Waals surface area contributed by atoms with Crippen LogP contribution < -0.4 is 5.56 Å². The molecule has 4 rings (SSSR count). The molecule has 23 heavy (non-hydrogen) atoms. The van der Waals surface area contributed by atoms with Crippen LogP contribution in [-0.4, -0.2) is 14.2 Å². The molecule has 6 heteroatoms. The van der Waals surface area contributed by atoms with Crippen LogP contribution >= 0.6 is 23.2 Å². The van der Waals surface area contributed by atoms with Crippen LogP contribution in [0.4, 0.5) is 0 Å². The summed E-state index contributed by atoms with van der Waals surface area (Å²) in [5.74, 6) is 0.978. The van der Waals surface area contributed by atoms with Gasteiger partial charge in [-0.3, -0.25) is 9.36 Å². The number of aromatic nitrogens is 3. The maximum atomic E-state index is 12.9. The number of fused-ring (bicyclic) bond motifs is 1. The van der Waals surface area contributed by atoms with Crippen LogP contribution in [0.1, 0.15) is 29.6 Å². The summed E-state index contributed by atoms with van der Waals surface area (Å²) in [4.78, 5) is 12.9. The number of benzene rings is 1. The minimum Gasteiger partial charge on any atom is -0.288 e. The van der Waals surface area contributed by atoms with E-state index in [0.29, 0.717) is 29.0 Å². The maximum absolute atomic E-state index is 12.9. The van der Waals surface area contributed by atoms with Crippen LogP contribution in [0.25, 0.3) is 5.52 Å². The van der Waals surface area contributed by atoms with Crippen LogP contribution in [0.15, 0.2) is 47.3 Å². The van der Waals surface area contributed by atoms with E-state index in [4.69, 9.17) is 23.2 Å². The van der Waals surface area contributed by atoms with Gasteiger partial charge >= 0.3 is 0 Å². The summed E-state index contributed by atoms with van der Waals surface area (Å²) in [6, 6.07) is 13.2. The number of rotatable bonds is 4. The predicted molar refractivity (Wildman–Crippen MR) is 91.3 cm³/mol. The minimum absolute atomic E-state index is 0.114. The van der Waals surface area contributed by atoms with Crippen LogP contribution in [0.2, 0.25) is 5.15 Å². The summed E-state index contributed by atoms with van der Waals surface area (Å²) >= 11 is 12.7. The standard InChI is InChI=1S/C17H15Cl2N3O/c18-14-9-8-13-17(23)21(10-11-4-2-1-3-5-11)16(20-22(13)14)15(19)12-6-7-12/h1-5,8-9,12,15H,6-7,10H2. The smallest absolute Gasteiger partial charge is 0.278 e. The lowest BCUT2D eigenvalue weighted by Gasteiger charge is -2.16. The Morgan fingerprint density at radius 3 is 2.61 bits per heavy atom. The molecule has 0 N–H and O–H groups in total. The SMILES string of the molecule is O=c1c2ccc(Cl)n2nc(C(Cl)C2CC2)n1Cc1ccccc1. The molecule has 0 radical (unpaired) electrons. The Morgan fingerprint density at radius 1 is 1.17 bits per heavy atom. The van der Waals surface area contributed by atoms with Crippen LogP contribution in [0, 0.1) is 5.92 Å². The van der Waals surface area contributed by atoms with Gasteiger partial charge in [-0.15, -0.1) is 11.6 Å². The van der Waals surface area contributed by atoms with Crippen molar-refractivity contribution in [3.63, 3.8) is 0 Å². The van der Waals surface area contributed by atoms with Crippen molar-refractivity contribution in [1.29, 1.82) is 0 Å². The lowest BCUT2D eigenvalue weighted by atomic mass is 10.2. The van der Waals surface area contributed by atoms with E-state index in [-0.39, 0.29) is 10.9 Å². The number of halogens is 2. The molecule has 1 fully saturated rings. The molecule has 2 aromatic heterocycles. The Hall–Kier alpha value is -1.78. The third-order valence-electron chi connectivity index (χ3n) is 4.22. The number of hydrogen-bond acceptors (Lipinski definition) is 2. The number of alkyl halides is 1. The average molecular weight is 348 g/mol. The van der Waals surface area contributed by atoms with Gasteiger partial charge in [0.05, 0.1) is 11.9 Å². The fraction of sp³-hybridized carbons (Fsp3) is 0.294. The third-order valence-corrected chi connectivity index (χ3v) is 5.06. The molecule has 1 saturated carbocycles. The summed E-state index contributed by atoms with van der Waals surface area (Å²) in [6.45, 7) is 0.456. The first-order valence-electron chi connectivity index (χ1n) is 7.61. The molecule has 0 aliphatic heterocycles. The largest absolute Gasteiger partial charge is 0.288 e. The second-order valence-corrected chi connectivity index (χ2v) is 6.78. The van der Waals surface area contributed by atoms with Crippen molar-refractivity contribution < 1.29 is 0 Å². The maximum Gasteiger partial charge on any atom is 0.278 e. The van der Waals surface area contributed by atoms with E-state index >= 15 is 0 Å². The Kier molecular flexibility index (Phi) is 3.66. The van der Waals surface area contributed by atoms with E-state index in [1.807, 2.05) is 30.3 Å². The van der Waals surface area contributed by atoms with Gasteiger partial charge in [-0.25, -0.2) is 4.52 Å². The van der Waals surface area contributed by atoms with Gasteiger partial charge in [0, 0.05) is 0 Å². The second-order valence-electron chi connectivity index (χ2n) is 5.93. The molecule has 1 aliphatic carbocycles.